The number of aliphatic imine (C=N–C) groups is 1. The average molecular weight is 333 g/mol. The number of nitrogens with zero attached hydrogens (tertiary/aromatic N) is 3. The molecule has 0 aliphatic carbocycles. The van der Waals surface area contributed by atoms with Crippen LogP contribution in [0.15, 0.2) is 11.3 Å². The Labute approximate surface area is 124 Å². The van der Waals surface area contributed by atoms with Crippen LogP contribution in [0.4, 0.5) is 5.82 Å². The van der Waals surface area contributed by atoms with Crippen LogP contribution in [0.1, 0.15) is 18.3 Å². The number of nitrogens with one attached hydrogen (secondary N) is 1. The van der Waals surface area contributed by atoms with E-state index in [0.29, 0.717) is 11.5 Å². The van der Waals surface area contributed by atoms with Crippen molar-refractivity contribution in [2.24, 2.45) is 10.7 Å². The molecular formula is C10H16N5O6P. The van der Waals surface area contributed by atoms with Crippen LogP contribution in [-0.4, -0.2) is 61.1 Å². The second kappa shape index (κ2) is 5.39. The lowest BCUT2D eigenvalue weighted by Crippen LogP contribution is -2.53. The maximum atomic E-state index is 10.8. The molecular weight excluding hydrogens is 317 g/mol. The number of hydrogen-bond acceptors (Lipinski definition) is 8. The van der Waals surface area contributed by atoms with Gasteiger partial charge in [0.2, 0.25) is 0 Å². The molecule has 1 aromatic rings. The van der Waals surface area contributed by atoms with E-state index in [4.69, 9.17) is 25.0 Å². The summed E-state index contributed by atoms with van der Waals surface area (Å²) in [6.45, 7) is -0.0244. The van der Waals surface area contributed by atoms with Crippen molar-refractivity contribution in [3.63, 3.8) is 0 Å². The van der Waals surface area contributed by atoms with Crippen LogP contribution in [0.3, 0.4) is 0 Å². The normalized spacial score (nSPS) is 31.5. The molecule has 1 aromatic heterocycles. The van der Waals surface area contributed by atoms with Gasteiger partial charge in [-0.05, 0) is 0 Å². The SMILES string of the molecule is NC1c2[nH]cnc2N=CN1[C@@]1(O)C[C@H](OCP(=O)(O)O)CO1. The Balaban J connectivity index is 1.69. The molecule has 0 saturated carbocycles. The summed E-state index contributed by atoms with van der Waals surface area (Å²) in [5.74, 6) is -1.34. The van der Waals surface area contributed by atoms with Crippen LogP contribution >= 0.6 is 7.60 Å². The highest BCUT2D eigenvalue weighted by molar-refractivity contribution is 7.51. The van der Waals surface area contributed by atoms with Gasteiger partial charge in [0.15, 0.2) is 5.82 Å². The molecule has 122 valence electrons. The smallest absolute Gasteiger partial charge is 0.350 e. The fourth-order valence-electron chi connectivity index (χ4n) is 2.38. The molecule has 1 fully saturated rings. The molecule has 0 bridgehead atoms. The summed E-state index contributed by atoms with van der Waals surface area (Å²) in [7, 11) is -4.28. The zero-order valence-corrected chi connectivity index (χ0v) is 12.3. The van der Waals surface area contributed by atoms with Crippen LogP contribution in [-0.2, 0) is 14.0 Å². The number of hydrogen-bond donors (Lipinski definition) is 5. The highest BCUT2D eigenvalue weighted by Gasteiger charge is 2.47. The molecule has 0 amide bonds. The number of imidazole rings is 1. The standard InChI is InChI=1S/C10H16N5O6P/c11-8-7-9(13-3-12-7)14-4-15(8)10(16)1-6(2-21-10)20-5-22(17,18)19/h3-4,6,8,16H,1-2,5,11H2,(H,12,13)(H2,17,18,19)/t6-,8?,10+/m0/s1. The third-order valence-corrected chi connectivity index (χ3v) is 3.91. The number of rotatable bonds is 4. The summed E-state index contributed by atoms with van der Waals surface area (Å²) >= 11 is 0. The summed E-state index contributed by atoms with van der Waals surface area (Å²) in [4.78, 5) is 29.8. The summed E-state index contributed by atoms with van der Waals surface area (Å²) in [5, 5.41) is 10.6. The van der Waals surface area contributed by atoms with Gasteiger partial charge < -0.3 is 35.1 Å². The second-order valence-corrected chi connectivity index (χ2v) is 6.66. The Morgan fingerprint density at radius 2 is 2.41 bits per heavy atom. The number of aliphatic hydroxyl groups is 1. The lowest BCUT2D eigenvalue weighted by molar-refractivity contribution is -0.253. The van der Waals surface area contributed by atoms with Crippen LogP contribution in [0.2, 0.25) is 0 Å². The Hall–Kier alpha value is -1.33. The van der Waals surface area contributed by atoms with Crippen molar-refractivity contribution in [2.75, 3.05) is 13.0 Å². The van der Waals surface area contributed by atoms with E-state index >= 15 is 0 Å². The van der Waals surface area contributed by atoms with Gasteiger partial charge in [-0.1, -0.05) is 0 Å². The van der Waals surface area contributed by atoms with Crippen LogP contribution in [0, 0.1) is 0 Å². The zero-order chi connectivity index (χ0) is 16.0. The molecule has 6 N–H and O–H groups in total. The van der Waals surface area contributed by atoms with E-state index in [1.807, 2.05) is 0 Å². The third kappa shape index (κ3) is 2.92. The van der Waals surface area contributed by atoms with Gasteiger partial charge in [-0.3, -0.25) is 9.46 Å². The zero-order valence-electron chi connectivity index (χ0n) is 11.4. The van der Waals surface area contributed by atoms with E-state index in [2.05, 4.69) is 15.0 Å². The maximum absolute atomic E-state index is 10.8. The summed E-state index contributed by atoms with van der Waals surface area (Å²) in [6.07, 6.45) is 0.579. The summed E-state index contributed by atoms with van der Waals surface area (Å²) < 4.78 is 21.2. The van der Waals surface area contributed by atoms with E-state index in [9.17, 15) is 9.67 Å². The van der Waals surface area contributed by atoms with Gasteiger partial charge in [0.25, 0.3) is 5.91 Å². The highest BCUT2D eigenvalue weighted by Crippen LogP contribution is 2.39. The Morgan fingerprint density at radius 3 is 3.14 bits per heavy atom. The largest absolute Gasteiger partial charge is 0.363 e. The van der Waals surface area contributed by atoms with Crippen molar-refractivity contribution < 1.29 is 28.9 Å². The van der Waals surface area contributed by atoms with Gasteiger partial charge in [0.1, 0.15) is 12.5 Å². The molecule has 12 heteroatoms. The highest BCUT2D eigenvalue weighted by atomic mass is 31.2. The first-order chi connectivity index (χ1) is 10.3. The number of ether oxygens (including phenoxy) is 2. The molecule has 0 spiro atoms. The lowest BCUT2D eigenvalue weighted by atomic mass is 10.2. The molecule has 2 aliphatic heterocycles. The predicted octanol–water partition coefficient (Wildman–Crippen LogP) is -1.07. The minimum Gasteiger partial charge on any atom is -0.363 e. The third-order valence-electron chi connectivity index (χ3n) is 3.42. The van der Waals surface area contributed by atoms with E-state index in [1.165, 1.54) is 17.6 Å². The molecule has 2 aliphatic rings. The Morgan fingerprint density at radius 1 is 1.64 bits per heavy atom. The predicted molar refractivity (Wildman–Crippen MR) is 72.8 cm³/mol. The fraction of sp³-hybridized carbons (Fsp3) is 0.600. The molecule has 3 heterocycles. The van der Waals surface area contributed by atoms with E-state index in [1.54, 1.807) is 0 Å². The Kier molecular flexibility index (Phi) is 3.81. The summed E-state index contributed by atoms with van der Waals surface area (Å²) in [6, 6.07) is 0. The molecule has 22 heavy (non-hydrogen) atoms. The number of fused-ring (bicyclic) bond motifs is 1. The second-order valence-electron chi connectivity index (χ2n) is 5.08. The monoisotopic (exact) mass is 333 g/mol. The first-order valence-corrected chi connectivity index (χ1v) is 8.22. The van der Waals surface area contributed by atoms with Crippen LogP contribution in [0.25, 0.3) is 0 Å². The molecule has 3 rings (SSSR count). The van der Waals surface area contributed by atoms with Crippen molar-refractivity contribution in [2.45, 2.75) is 24.6 Å². The Bertz CT molecular complexity index is 631. The van der Waals surface area contributed by atoms with Crippen molar-refractivity contribution >= 4 is 19.8 Å². The number of H-pyrrole nitrogens is 1. The van der Waals surface area contributed by atoms with Gasteiger partial charge >= 0.3 is 7.60 Å². The minimum atomic E-state index is -4.28. The van der Waals surface area contributed by atoms with Gasteiger partial charge in [-0.25, -0.2) is 9.98 Å². The topological polar surface area (TPSA) is 167 Å². The molecule has 0 aromatic carbocycles. The van der Waals surface area contributed by atoms with E-state index in [0.717, 1.165) is 0 Å². The number of aromatic amines is 1. The number of nitrogens with two attached hydrogens (primary N) is 1. The van der Waals surface area contributed by atoms with Crippen molar-refractivity contribution in [1.29, 1.82) is 0 Å². The lowest BCUT2D eigenvalue weighted by Gasteiger charge is -2.39. The number of aromatic nitrogens is 2. The van der Waals surface area contributed by atoms with Gasteiger partial charge in [-0.2, -0.15) is 0 Å². The van der Waals surface area contributed by atoms with Crippen molar-refractivity contribution in [3.8, 4) is 0 Å². The molecule has 0 radical (unpaired) electrons. The molecule has 1 unspecified atom stereocenters. The van der Waals surface area contributed by atoms with Gasteiger partial charge in [0.05, 0.1) is 37.5 Å². The van der Waals surface area contributed by atoms with E-state index < -0.39 is 32.1 Å². The quantitative estimate of drug-likeness (QED) is 0.431. The summed E-state index contributed by atoms with van der Waals surface area (Å²) in [5.41, 5.74) is 6.57. The van der Waals surface area contributed by atoms with Crippen molar-refractivity contribution in [1.82, 2.24) is 14.9 Å². The minimum absolute atomic E-state index is 0.0244. The van der Waals surface area contributed by atoms with Gasteiger partial charge in [0, 0.05) is 0 Å². The first kappa shape index (κ1) is 15.6. The van der Waals surface area contributed by atoms with Gasteiger partial charge in [-0.15, -0.1) is 0 Å². The van der Waals surface area contributed by atoms with Crippen LogP contribution < -0.4 is 5.73 Å². The molecule has 1 saturated heterocycles. The van der Waals surface area contributed by atoms with Crippen molar-refractivity contribution in [3.05, 3.63) is 12.0 Å². The molecule has 11 nitrogen and oxygen atoms in total. The average Bonchev–Trinajstić information content (AvgIpc) is 3.03. The maximum Gasteiger partial charge on any atom is 0.350 e. The fourth-order valence-corrected chi connectivity index (χ4v) is 2.79. The van der Waals surface area contributed by atoms with E-state index in [-0.39, 0.29) is 13.0 Å². The van der Waals surface area contributed by atoms with Crippen LogP contribution in [0.5, 0.6) is 0 Å². The first-order valence-electron chi connectivity index (χ1n) is 6.42. The molecule has 3 atom stereocenters.